The Bertz CT molecular complexity index is 761. The maximum absolute atomic E-state index is 12.1. The lowest BCUT2D eigenvalue weighted by Gasteiger charge is -2.10. The minimum Gasteiger partial charge on any atom is -0.484 e. The smallest absolute Gasteiger partial charge is 0.262 e. The van der Waals surface area contributed by atoms with Crippen molar-refractivity contribution in [3.05, 3.63) is 59.7 Å². The van der Waals surface area contributed by atoms with Gasteiger partial charge in [-0.15, -0.1) is 0 Å². The number of amides is 2. The third kappa shape index (κ3) is 7.11. The van der Waals surface area contributed by atoms with Crippen LogP contribution in [0.5, 0.6) is 5.75 Å². The molecule has 6 heteroatoms. The summed E-state index contributed by atoms with van der Waals surface area (Å²) in [6, 6.07) is 14.5. The first kappa shape index (κ1) is 20.5. The molecule has 0 bridgehead atoms. The van der Waals surface area contributed by atoms with Crippen molar-refractivity contribution in [2.24, 2.45) is 0 Å². The third-order valence-corrected chi connectivity index (χ3v) is 3.90. The van der Waals surface area contributed by atoms with Gasteiger partial charge in [0, 0.05) is 31.5 Å². The Labute approximate surface area is 159 Å². The van der Waals surface area contributed by atoms with Crippen LogP contribution in [0.1, 0.15) is 29.3 Å². The molecular weight excluding hydrogens is 344 g/mol. The Morgan fingerprint density at radius 1 is 1.07 bits per heavy atom. The minimum absolute atomic E-state index is 0.0966. The molecule has 0 saturated heterocycles. The Morgan fingerprint density at radius 2 is 1.89 bits per heavy atom. The first-order valence-corrected chi connectivity index (χ1v) is 9.01. The van der Waals surface area contributed by atoms with Crippen molar-refractivity contribution in [2.75, 3.05) is 32.2 Å². The predicted octanol–water partition coefficient (Wildman–Crippen LogP) is 3.03. The van der Waals surface area contributed by atoms with Crippen molar-refractivity contribution < 1.29 is 19.1 Å². The van der Waals surface area contributed by atoms with Crippen molar-refractivity contribution in [1.82, 2.24) is 5.32 Å². The van der Waals surface area contributed by atoms with Gasteiger partial charge in [0.15, 0.2) is 6.61 Å². The normalized spacial score (nSPS) is 10.3. The van der Waals surface area contributed by atoms with Crippen molar-refractivity contribution in [3.63, 3.8) is 0 Å². The number of hydrogen-bond acceptors (Lipinski definition) is 4. The molecule has 2 aromatic carbocycles. The number of hydrogen-bond donors (Lipinski definition) is 2. The van der Waals surface area contributed by atoms with E-state index in [0.717, 1.165) is 18.4 Å². The van der Waals surface area contributed by atoms with Gasteiger partial charge in [0.05, 0.1) is 0 Å². The van der Waals surface area contributed by atoms with E-state index in [1.807, 2.05) is 24.3 Å². The van der Waals surface area contributed by atoms with Gasteiger partial charge in [0.25, 0.3) is 11.8 Å². The van der Waals surface area contributed by atoms with Crippen molar-refractivity contribution >= 4 is 17.5 Å². The summed E-state index contributed by atoms with van der Waals surface area (Å²) >= 11 is 0. The van der Waals surface area contributed by atoms with Gasteiger partial charge in [-0.05, 0) is 48.7 Å². The van der Waals surface area contributed by atoms with E-state index in [1.54, 1.807) is 31.4 Å². The molecule has 0 spiro atoms. The first-order valence-electron chi connectivity index (χ1n) is 9.01. The average molecular weight is 370 g/mol. The SMILES string of the molecule is CCc1cccc(OCC(=O)Nc2cccc(C(=O)NCCCOC)c2)c1. The number of rotatable bonds is 10. The van der Waals surface area contributed by atoms with E-state index in [1.165, 1.54) is 0 Å². The van der Waals surface area contributed by atoms with Crippen LogP contribution in [0.15, 0.2) is 48.5 Å². The highest BCUT2D eigenvalue weighted by molar-refractivity contribution is 5.97. The summed E-state index contributed by atoms with van der Waals surface area (Å²) in [5.41, 5.74) is 2.19. The summed E-state index contributed by atoms with van der Waals surface area (Å²) in [4.78, 5) is 24.2. The molecular formula is C21H26N2O4. The second kappa shape index (κ2) is 11.0. The Hall–Kier alpha value is -2.86. The zero-order chi connectivity index (χ0) is 19.5. The summed E-state index contributed by atoms with van der Waals surface area (Å²) in [6.45, 7) is 3.10. The van der Waals surface area contributed by atoms with Crippen LogP contribution < -0.4 is 15.4 Å². The summed E-state index contributed by atoms with van der Waals surface area (Å²) in [5, 5.41) is 5.56. The van der Waals surface area contributed by atoms with Crippen LogP contribution in [0.3, 0.4) is 0 Å². The predicted molar refractivity (Wildman–Crippen MR) is 105 cm³/mol. The van der Waals surface area contributed by atoms with Gasteiger partial charge >= 0.3 is 0 Å². The molecule has 0 atom stereocenters. The van der Waals surface area contributed by atoms with Gasteiger partial charge in [-0.3, -0.25) is 9.59 Å². The van der Waals surface area contributed by atoms with Gasteiger partial charge in [0.1, 0.15) is 5.75 Å². The van der Waals surface area contributed by atoms with E-state index in [2.05, 4.69) is 17.6 Å². The van der Waals surface area contributed by atoms with Gasteiger partial charge in [0.2, 0.25) is 0 Å². The summed E-state index contributed by atoms with van der Waals surface area (Å²) in [5.74, 6) is 0.193. The number of carbonyl (C=O) groups is 2. The number of anilines is 1. The molecule has 2 aromatic rings. The number of aryl methyl sites for hydroxylation is 1. The van der Waals surface area contributed by atoms with E-state index in [-0.39, 0.29) is 18.4 Å². The van der Waals surface area contributed by atoms with Crippen LogP contribution in [0.2, 0.25) is 0 Å². The van der Waals surface area contributed by atoms with Crippen LogP contribution in [0, 0.1) is 0 Å². The molecule has 0 aliphatic rings. The fourth-order valence-electron chi connectivity index (χ4n) is 2.46. The van der Waals surface area contributed by atoms with E-state index in [9.17, 15) is 9.59 Å². The molecule has 0 aromatic heterocycles. The molecule has 27 heavy (non-hydrogen) atoms. The standard InChI is InChI=1S/C21H26N2O4/c1-3-16-7-4-10-19(13-16)27-15-20(24)23-18-9-5-8-17(14-18)21(25)22-11-6-12-26-2/h4-5,7-10,13-14H,3,6,11-12,15H2,1-2H3,(H,22,25)(H,23,24). The number of methoxy groups -OCH3 is 1. The van der Waals surface area contributed by atoms with Crippen LogP contribution >= 0.6 is 0 Å². The number of nitrogens with one attached hydrogen (secondary N) is 2. The largest absolute Gasteiger partial charge is 0.484 e. The highest BCUT2D eigenvalue weighted by Gasteiger charge is 2.08. The summed E-state index contributed by atoms with van der Waals surface area (Å²) < 4.78 is 10.5. The van der Waals surface area contributed by atoms with Crippen molar-refractivity contribution in [3.8, 4) is 5.75 Å². The van der Waals surface area contributed by atoms with Gasteiger partial charge in [-0.2, -0.15) is 0 Å². The van der Waals surface area contributed by atoms with Gasteiger partial charge < -0.3 is 20.1 Å². The molecule has 2 rings (SSSR count). The van der Waals surface area contributed by atoms with E-state index >= 15 is 0 Å². The molecule has 0 aliphatic carbocycles. The maximum atomic E-state index is 12.1. The molecule has 0 aliphatic heterocycles. The second-order valence-electron chi connectivity index (χ2n) is 6.02. The highest BCUT2D eigenvalue weighted by Crippen LogP contribution is 2.14. The van der Waals surface area contributed by atoms with Crippen LogP contribution in [-0.4, -0.2) is 38.7 Å². The van der Waals surface area contributed by atoms with Crippen LogP contribution in [0.25, 0.3) is 0 Å². The Balaban J connectivity index is 1.85. The number of ether oxygens (including phenoxy) is 2. The van der Waals surface area contributed by atoms with Crippen molar-refractivity contribution in [2.45, 2.75) is 19.8 Å². The number of carbonyl (C=O) groups excluding carboxylic acids is 2. The molecule has 0 fully saturated rings. The summed E-state index contributed by atoms with van der Waals surface area (Å²) in [6.07, 6.45) is 1.65. The zero-order valence-corrected chi connectivity index (χ0v) is 15.8. The lowest BCUT2D eigenvalue weighted by molar-refractivity contribution is -0.118. The second-order valence-corrected chi connectivity index (χ2v) is 6.02. The quantitative estimate of drug-likeness (QED) is 0.630. The molecule has 6 nitrogen and oxygen atoms in total. The van der Waals surface area contributed by atoms with E-state index in [0.29, 0.717) is 30.2 Å². The lowest BCUT2D eigenvalue weighted by atomic mass is 10.2. The first-order chi connectivity index (χ1) is 13.1. The summed E-state index contributed by atoms with van der Waals surface area (Å²) in [7, 11) is 1.62. The van der Waals surface area contributed by atoms with Crippen LogP contribution in [0.4, 0.5) is 5.69 Å². The maximum Gasteiger partial charge on any atom is 0.262 e. The average Bonchev–Trinajstić information content (AvgIpc) is 2.70. The van der Waals surface area contributed by atoms with Gasteiger partial charge in [-0.1, -0.05) is 25.1 Å². The minimum atomic E-state index is -0.283. The Morgan fingerprint density at radius 3 is 2.67 bits per heavy atom. The lowest BCUT2D eigenvalue weighted by Crippen LogP contribution is -2.25. The van der Waals surface area contributed by atoms with Gasteiger partial charge in [-0.25, -0.2) is 0 Å². The zero-order valence-electron chi connectivity index (χ0n) is 15.8. The molecule has 2 amide bonds. The molecule has 0 saturated carbocycles. The molecule has 0 unspecified atom stereocenters. The molecule has 144 valence electrons. The number of benzene rings is 2. The molecule has 0 radical (unpaired) electrons. The van der Waals surface area contributed by atoms with E-state index < -0.39 is 0 Å². The topological polar surface area (TPSA) is 76.7 Å². The van der Waals surface area contributed by atoms with Crippen LogP contribution in [-0.2, 0) is 16.0 Å². The van der Waals surface area contributed by atoms with Crippen molar-refractivity contribution in [1.29, 1.82) is 0 Å². The highest BCUT2D eigenvalue weighted by atomic mass is 16.5. The third-order valence-electron chi connectivity index (χ3n) is 3.90. The van der Waals surface area contributed by atoms with E-state index in [4.69, 9.17) is 9.47 Å². The fraction of sp³-hybridized carbons (Fsp3) is 0.333. The fourth-order valence-corrected chi connectivity index (χ4v) is 2.46. The Kier molecular flexibility index (Phi) is 8.32. The molecule has 2 N–H and O–H groups in total. The monoisotopic (exact) mass is 370 g/mol. The molecule has 0 heterocycles.